The van der Waals surface area contributed by atoms with Gasteiger partial charge in [0, 0.05) is 24.7 Å². The Labute approximate surface area is 88.2 Å². The zero-order valence-corrected chi connectivity index (χ0v) is 8.58. The maximum absolute atomic E-state index is 11.4. The van der Waals surface area contributed by atoms with Gasteiger partial charge in [0.25, 0.3) is 0 Å². The third-order valence-corrected chi connectivity index (χ3v) is 2.73. The number of anilines is 1. The number of amidine groups is 1. The van der Waals surface area contributed by atoms with Crippen molar-refractivity contribution in [3.8, 4) is 0 Å². The molecule has 1 aromatic carbocycles. The van der Waals surface area contributed by atoms with Crippen LogP contribution in [0.4, 0.5) is 5.69 Å². The molecule has 0 saturated heterocycles. The number of nitrogens with one attached hydrogen (secondary N) is 1. The predicted molar refractivity (Wildman–Crippen MR) is 59.2 cm³/mol. The van der Waals surface area contributed by atoms with Crippen LogP contribution in [0.1, 0.15) is 17.5 Å². The Bertz CT molecular complexity index is 439. The van der Waals surface area contributed by atoms with E-state index in [4.69, 9.17) is 11.1 Å². The van der Waals surface area contributed by atoms with Crippen LogP contribution in [-0.2, 0) is 11.2 Å². The molecule has 78 valence electrons. The molecule has 0 spiro atoms. The predicted octanol–water partition coefficient (Wildman–Crippen LogP) is 0.880. The molecular weight excluding hydrogens is 190 g/mol. The van der Waals surface area contributed by atoms with Gasteiger partial charge in [-0.3, -0.25) is 10.2 Å². The van der Waals surface area contributed by atoms with Crippen molar-refractivity contribution in [2.75, 3.05) is 11.9 Å². The highest BCUT2D eigenvalue weighted by Crippen LogP contribution is 2.27. The fourth-order valence-corrected chi connectivity index (χ4v) is 1.82. The molecule has 0 fully saturated rings. The number of nitrogens with two attached hydrogens (primary N) is 1. The number of nitrogen functional groups attached to an aromatic ring is 1. The summed E-state index contributed by atoms with van der Waals surface area (Å²) in [5.74, 6) is 0.204. The molecule has 0 aliphatic carbocycles. The quantitative estimate of drug-likeness (QED) is 0.525. The zero-order valence-electron chi connectivity index (χ0n) is 8.58. The maximum Gasteiger partial charge on any atom is 0.227 e. The van der Waals surface area contributed by atoms with Crippen molar-refractivity contribution < 1.29 is 4.79 Å². The Morgan fingerprint density at radius 3 is 2.87 bits per heavy atom. The van der Waals surface area contributed by atoms with Gasteiger partial charge in [-0.25, -0.2) is 0 Å². The highest BCUT2D eigenvalue weighted by Gasteiger charge is 2.20. The van der Waals surface area contributed by atoms with Gasteiger partial charge in [-0.05, 0) is 30.2 Å². The SMILES string of the molecule is CN1C(=O)CCc2cc(C(=N)N)ccc21. The summed E-state index contributed by atoms with van der Waals surface area (Å²) in [5, 5.41) is 7.34. The van der Waals surface area contributed by atoms with E-state index in [0.29, 0.717) is 6.42 Å². The lowest BCUT2D eigenvalue weighted by Crippen LogP contribution is -2.31. The number of carbonyl (C=O) groups excluding carboxylic acids is 1. The first-order valence-electron chi connectivity index (χ1n) is 4.83. The van der Waals surface area contributed by atoms with Crippen molar-refractivity contribution in [1.82, 2.24) is 0 Å². The number of benzene rings is 1. The minimum absolute atomic E-state index is 0.0670. The van der Waals surface area contributed by atoms with Gasteiger partial charge in [0.15, 0.2) is 0 Å². The number of amides is 1. The first kappa shape index (κ1) is 9.71. The Kier molecular flexibility index (Phi) is 2.19. The van der Waals surface area contributed by atoms with Crippen LogP contribution in [0.15, 0.2) is 18.2 Å². The lowest BCUT2D eigenvalue weighted by molar-refractivity contribution is -0.118. The lowest BCUT2D eigenvalue weighted by Gasteiger charge is -2.25. The molecule has 1 amide bonds. The zero-order chi connectivity index (χ0) is 11.0. The number of rotatable bonds is 1. The summed E-state index contributed by atoms with van der Waals surface area (Å²) in [4.78, 5) is 13.1. The number of carbonyl (C=O) groups is 1. The number of nitrogens with zero attached hydrogens (tertiary/aromatic N) is 1. The Hall–Kier alpha value is -1.84. The number of aryl methyl sites for hydroxylation is 1. The topological polar surface area (TPSA) is 70.2 Å². The minimum Gasteiger partial charge on any atom is -0.384 e. The largest absolute Gasteiger partial charge is 0.384 e. The fraction of sp³-hybridized carbons (Fsp3) is 0.273. The molecule has 1 aromatic rings. The molecule has 0 aromatic heterocycles. The first-order valence-corrected chi connectivity index (χ1v) is 4.83. The summed E-state index contributed by atoms with van der Waals surface area (Å²) < 4.78 is 0. The Morgan fingerprint density at radius 1 is 1.47 bits per heavy atom. The van der Waals surface area contributed by atoms with Gasteiger partial charge < -0.3 is 10.6 Å². The summed E-state index contributed by atoms with van der Waals surface area (Å²) in [6, 6.07) is 5.51. The minimum atomic E-state index is 0.0670. The second kappa shape index (κ2) is 3.38. The van der Waals surface area contributed by atoms with Crippen LogP contribution in [0.2, 0.25) is 0 Å². The van der Waals surface area contributed by atoms with Gasteiger partial charge in [0.1, 0.15) is 5.84 Å². The molecule has 1 heterocycles. The van der Waals surface area contributed by atoms with Gasteiger partial charge in [-0.2, -0.15) is 0 Å². The highest BCUT2D eigenvalue weighted by molar-refractivity contribution is 5.99. The lowest BCUT2D eigenvalue weighted by atomic mass is 9.99. The van der Waals surface area contributed by atoms with E-state index in [0.717, 1.165) is 23.2 Å². The fourth-order valence-electron chi connectivity index (χ4n) is 1.82. The molecule has 4 nitrogen and oxygen atoms in total. The molecule has 3 N–H and O–H groups in total. The van der Waals surface area contributed by atoms with E-state index < -0.39 is 0 Å². The third-order valence-electron chi connectivity index (χ3n) is 2.73. The van der Waals surface area contributed by atoms with Crippen molar-refractivity contribution >= 4 is 17.4 Å². The number of fused-ring (bicyclic) bond motifs is 1. The molecule has 0 bridgehead atoms. The molecule has 4 heteroatoms. The highest BCUT2D eigenvalue weighted by atomic mass is 16.2. The molecule has 0 saturated carbocycles. The average molecular weight is 203 g/mol. The van der Waals surface area contributed by atoms with E-state index in [2.05, 4.69) is 0 Å². The van der Waals surface area contributed by atoms with E-state index in [-0.39, 0.29) is 11.7 Å². The summed E-state index contributed by atoms with van der Waals surface area (Å²) in [6.45, 7) is 0. The van der Waals surface area contributed by atoms with Gasteiger partial charge in [0.2, 0.25) is 5.91 Å². The van der Waals surface area contributed by atoms with Crippen molar-refractivity contribution in [1.29, 1.82) is 5.41 Å². The van der Waals surface area contributed by atoms with Crippen LogP contribution in [-0.4, -0.2) is 18.8 Å². The molecule has 15 heavy (non-hydrogen) atoms. The molecule has 1 aliphatic rings. The summed E-state index contributed by atoms with van der Waals surface area (Å²) in [7, 11) is 1.77. The second-order valence-electron chi connectivity index (χ2n) is 3.71. The number of hydrogen-bond donors (Lipinski definition) is 2. The first-order chi connectivity index (χ1) is 7.09. The van der Waals surface area contributed by atoms with Gasteiger partial charge in [0.05, 0.1) is 0 Å². The monoisotopic (exact) mass is 203 g/mol. The average Bonchev–Trinajstić information content (AvgIpc) is 2.23. The van der Waals surface area contributed by atoms with Crippen LogP contribution >= 0.6 is 0 Å². The van der Waals surface area contributed by atoms with Crippen molar-refractivity contribution in [3.63, 3.8) is 0 Å². The normalized spacial score (nSPS) is 15.0. The Morgan fingerprint density at radius 2 is 2.20 bits per heavy atom. The van der Waals surface area contributed by atoms with Crippen LogP contribution in [0, 0.1) is 5.41 Å². The summed E-state index contributed by atoms with van der Waals surface area (Å²) in [5.41, 5.74) is 8.15. The van der Waals surface area contributed by atoms with E-state index in [9.17, 15) is 4.79 Å². The van der Waals surface area contributed by atoms with Crippen LogP contribution in [0.3, 0.4) is 0 Å². The van der Waals surface area contributed by atoms with Gasteiger partial charge in [-0.1, -0.05) is 0 Å². The summed E-state index contributed by atoms with van der Waals surface area (Å²) >= 11 is 0. The second-order valence-corrected chi connectivity index (χ2v) is 3.71. The van der Waals surface area contributed by atoms with Crippen molar-refractivity contribution in [3.05, 3.63) is 29.3 Å². The smallest absolute Gasteiger partial charge is 0.227 e. The molecule has 1 aliphatic heterocycles. The standard InChI is InChI=1S/C11H13N3O/c1-14-9-4-2-8(11(12)13)6-7(9)3-5-10(14)15/h2,4,6H,3,5H2,1H3,(H3,12,13). The van der Waals surface area contributed by atoms with Crippen molar-refractivity contribution in [2.24, 2.45) is 5.73 Å². The van der Waals surface area contributed by atoms with E-state index in [1.807, 2.05) is 12.1 Å². The van der Waals surface area contributed by atoms with E-state index >= 15 is 0 Å². The van der Waals surface area contributed by atoms with Crippen molar-refractivity contribution in [2.45, 2.75) is 12.8 Å². The van der Waals surface area contributed by atoms with Crippen LogP contribution in [0.5, 0.6) is 0 Å². The summed E-state index contributed by atoms with van der Waals surface area (Å²) in [6.07, 6.45) is 1.27. The molecule has 0 unspecified atom stereocenters. The third kappa shape index (κ3) is 1.58. The van der Waals surface area contributed by atoms with E-state index in [1.165, 1.54) is 0 Å². The van der Waals surface area contributed by atoms with Crippen LogP contribution in [0.25, 0.3) is 0 Å². The maximum atomic E-state index is 11.4. The molecule has 0 atom stereocenters. The molecule has 0 radical (unpaired) electrons. The van der Waals surface area contributed by atoms with Crippen LogP contribution < -0.4 is 10.6 Å². The molecular formula is C11H13N3O. The molecule has 2 rings (SSSR count). The number of hydrogen-bond acceptors (Lipinski definition) is 2. The Balaban J connectivity index is 2.47. The van der Waals surface area contributed by atoms with E-state index in [1.54, 1.807) is 18.0 Å². The van der Waals surface area contributed by atoms with Gasteiger partial charge >= 0.3 is 0 Å². The van der Waals surface area contributed by atoms with Gasteiger partial charge in [-0.15, -0.1) is 0 Å².